The highest BCUT2D eigenvalue weighted by molar-refractivity contribution is 5.81. The Kier molecular flexibility index (Phi) is 5.70. The molecular formula is C21H21N5O2. The van der Waals surface area contributed by atoms with E-state index in [2.05, 4.69) is 16.2 Å². The van der Waals surface area contributed by atoms with Crippen LogP contribution >= 0.6 is 0 Å². The maximum absolute atomic E-state index is 12.8. The highest BCUT2D eigenvalue weighted by atomic mass is 16.5. The number of benzene rings is 2. The van der Waals surface area contributed by atoms with E-state index in [-0.39, 0.29) is 11.9 Å². The van der Waals surface area contributed by atoms with Crippen LogP contribution in [0.25, 0.3) is 5.69 Å². The van der Waals surface area contributed by atoms with E-state index in [1.165, 1.54) is 6.33 Å². The van der Waals surface area contributed by atoms with Gasteiger partial charge < -0.3 is 9.64 Å². The molecule has 3 rings (SSSR count). The Bertz CT molecular complexity index is 960. The largest absolute Gasteiger partial charge is 0.481 e. The van der Waals surface area contributed by atoms with Gasteiger partial charge in [0.15, 0.2) is 6.10 Å². The molecule has 2 atom stereocenters. The quantitative estimate of drug-likeness (QED) is 0.661. The van der Waals surface area contributed by atoms with Crippen molar-refractivity contribution in [3.8, 4) is 17.5 Å². The number of amides is 1. The number of rotatable bonds is 6. The van der Waals surface area contributed by atoms with Gasteiger partial charge in [0.1, 0.15) is 18.4 Å². The summed E-state index contributed by atoms with van der Waals surface area (Å²) in [5.74, 6) is 0.426. The first-order valence-electron chi connectivity index (χ1n) is 8.88. The molecule has 3 aromatic rings. The molecule has 1 heterocycles. The number of nitrogens with zero attached hydrogens (tertiary/aromatic N) is 5. The van der Waals surface area contributed by atoms with Gasteiger partial charge in [-0.05, 0) is 55.8 Å². The molecule has 0 aliphatic carbocycles. The number of carbonyl (C=O) groups is 1. The molecule has 28 heavy (non-hydrogen) atoms. The first kappa shape index (κ1) is 19.1. The molecular weight excluding hydrogens is 354 g/mol. The minimum atomic E-state index is -0.644. The van der Waals surface area contributed by atoms with Crippen molar-refractivity contribution in [2.24, 2.45) is 0 Å². The van der Waals surface area contributed by atoms with Crippen LogP contribution in [0.4, 0.5) is 0 Å². The Morgan fingerprint density at radius 2 is 1.82 bits per heavy atom. The number of likely N-dealkylation sites (N-methyl/N-ethyl adjacent to an activating group) is 1. The van der Waals surface area contributed by atoms with Crippen molar-refractivity contribution in [3.05, 3.63) is 72.3 Å². The van der Waals surface area contributed by atoms with Gasteiger partial charge in [0.2, 0.25) is 0 Å². The lowest BCUT2D eigenvalue weighted by Crippen LogP contribution is -2.39. The molecule has 0 aliphatic heterocycles. The third kappa shape index (κ3) is 4.18. The number of hydrogen-bond donors (Lipinski definition) is 0. The molecule has 7 heteroatoms. The average molecular weight is 375 g/mol. The van der Waals surface area contributed by atoms with E-state index < -0.39 is 6.10 Å². The number of hydrogen-bond acceptors (Lipinski definition) is 5. The van der Waals surface area contributed by atoms with Crippen molar-refractivity contribution >= 4 is 5.91 Å². The number of aromatic nitrogens is 3. The SMILES string of the molecule is C[C@H](Oc1ccc(C#N)cc1)C(=O)N(C)[C@H](C)c1ccc(-n2cncn2)cc1. The second kappa shape index (κ2) is 8.35. The summed E-state index contributed by atoms with van der Waals surface area (Å²) in [5, 5.41) is 13.0. The molecule has 7 nitrogen and oxygen atoms in total. The van der Waals surface area contributed by atoms with E-state index in [0.717, 1.165) is 11.3 Å². The summed E-state index contributed by atoms with van der Waals surface area (Å²) in [6, 6.07) is 16.5. The van der Waals surface area contributed by atoms with Gasteiger partial charge in [-0.2, -0.15) is 10.4 Å². The van der Waals surface area contributed by atoms with Gasteiger partial charge in [0, 0.05) is 7.05 Å². The van der Waals surface area contributed by atoms with Gasteiger partial charge in [-0.3, -0.25) is 4.79 Å². The van der Waals surface area contributed by atoms with Crippen LogP contribution in [-0.4, -0.2) is 38.7 Å². The molecule has 0 unspecified atom stereocenters. The van der Waals surface area contributed by atoms with Crippen molar-refractivity contribution in [3.63, 3.8) is 0 Å². The smallest absolute Gasteiger partial charge is 0.263 e. The molecule has 0 aliphatic rings. The molecule has 0 fully saturated rings. The van der Waals surface area contributed by atoms with Gasteiger partial charge in [-0.15, -0.1) is 0 Å². The zero-order valence-electron chi connectivity index (χ0n) is 16.0. The Balaban J connectivity index is 1.65. The van der Waals surface area contributed by atoms with Gasteiger partial charge in [-0.25, -0.2) is 9.67 Å². The van der Waals surface area contributed by atoms with Crippen LogP contribution in [-0.2, 0) is 4.79 Å². The summed E-state index contributed by atoms with van der Waals surface area (Å²) in [6.07, 6.45) is 2.48. The molecule has 0 N–H and O–H groups in total. The third-order valence-electron chi connectivity index (χ3n) is 4.63. The van der Waals surface area contributed by atoms with Crippen molar-refractivity contribution < 1.29 is 9.53 Å². The van der Waals surface area contributed by atoms with Crippen LogP contribution in [0.2, 0.25) is 0 Å². The standard InChI is InChI=1S/C21H21N5O2/c1-15(18-6-8-19(9-7-18)26-14-23-13-24-26)25(3)21(27)16(2)28-20-10-4-17(12-22)5-11-20/h4-11,13-16H,1-3H3/t15-,16+/m1/s1. The second-order valence-electron chi connectivity index (χ2n) is 6.45. The monoisotopic (exact) mass is 375 g/mol. The summed E-state index contributed by atoms with van der Waals surface area (Å²) in [5.41, 5.74) is 2.46. The van der Waals surface area contributed by atoms with Gasteiger partial charge >= 0.3 is 0 Å². The number of ether oxygens (including phenoxy) is 1. The van der Waals surface area contributed by atoms with E-state index >= 15 is 0 Å². The molecule has 1 aromatic heterocycles. The molecule has 0 saturated heterocycles. The Labute approximate surface area is 163 Å². The molecule has 142 valence electrons. The minimum Gasteiger partial charge on any atom is -0.481 e. The molecule has 0 radical (unpaired) electrons. The Hall–Kier alpha value is -3.66. The first-order valence-corrected chi connectivity index (χ1v) is 8.88. The molecule has 1 amide bonds. The molecule has 0 saturated carbocycles. The fraction of sp³-hybridized carbons (Fsp3) is 0.238. The summed E-state index contributed by atoms with van der Waals surface area (Å²) in [6.45, 7) is 3.69. The third-order valence-corrected chi connectivity index (χ3v) is 4.63. The molecule has 0 bridgehead atoms. The zero-order chi connectivity index (χ0) is 20.1. The van der Waals surface area contributed by atoms with Crippen molar-refractivity contribution in [2.45, 2.75) is 26.0 Å². The van der Waals surface area contributed by atoms with E-state index in [1.807, 2.05) is 31.2 Å². The van der Waals surface area contributed by atoms with E-state index in [0.29, 0.717) is 11.3 Å². The first-order chi connectivity index (χ1) is 13.5. The highest BCUT2D eigenvalue weighted by Crippen LogP contribution is 2.22. The van der Waals surface area contributed by atoms with Crippen LogP contribution in [0.15, 0.2) is 61.2 Å². The predicted octanol–water partition coefficient (Wildman–Crippen LogP) is 3.13. The van der Waals surface area contributed by atoms with Crippen molar-refractivity contribution in [1.29, 1.82) is 5.26 Å². The second-order valence-corrected chi connectivity index (χ2v) is 6.45. The summed E-state index contributed by atoms with van der Waals surface area (Å²) in [7, 11) is 1.76. The van der Waals surface area contributed by atoms with E-state index in [1.54, 1.807) is 54.1 Å². The highest BCUT2D eigenvalue weighted by Gasteiger charge is 2.24. The lowest BCUT2D eigenvalue weighted by Gasteiger charge is -2.28. The molecule has 2 aromatic carbocycles. The predicted molar refractivity (Wildman–Crippen MR) is 104 cm³/mol. The average Bonchev–Trinajstić information content (AvgIpc) is 3.27. The Morgan fingerprint density at radius 1 is 1.14 bits per heavy atom. The summed E-state index contributed by atoms with van der Waals surface area (Å²) >= 11 is 0. The fourth-order valence-corrected chi connectivity index (χ4v) is 2.81. The number of nitriles is 1. The maximum Gasteiger partial charge on any atom is 0.263 e. The lowest BCUT2D eigenvalue weighted by atomic mass is 10.1. The normalized spacial score (nSPS) is 12.6. The maximum atomic E-state index is 12.8. The molecule has 0 spiro atoms. The van der Waals surface area contributed by atoms with Gasteiger partial charge in [0.25, 0.3) is 5.91 Å². The van der Waals surface area contributed by atoms with Crippen molar-refractivity contribution in [2.75, 3.05) is 7.05 Å². The lowest BCUT2D eigenvalue weighted by molar-refractivity contribution is -0.138. The van der Waals surface area contributed by atoms with Crippen LogP contribution in [0.1, 0.15) is 31.0 Å². The van der Waals surface area contributed by atoms with Gasteiger partial charge in [0.05, 0.1) is 23.4 Å². The van der Waals surface area contributed by atoms with E-state index in [9.17, 15) is 4.79 Å². The van der Waals surface area contributed by atoms with Crippen LogP contribution in [0.3, 0.4) is 0 Å². The number of carbonyl (C=O) groups excluding carboxylic acids is 1. The topological polar surface area (TPSA) is 84.0 Å². The minimum absolute atomic E-state index is 0.121. The summed E-state index contributed by atoms with van der Waals surface area (Å²) in [4.78, 5) is 18.4. The Morgan fingerprint density at radius 3 is 2.39 bits per heavy atom. The van der Waals surface area contributed by atoms with Crippen LogP contribution in [0.5, 0.6) is 5.75 Å². The van der Waals surface area contributed by atoms with Gasteiger partial charge in [-0.1, -0.05) is 12.1 Å². The van der Waals surface area contributed by atoms with Crippen molar-refractivity contribution in [1.82, 2.24) is 19.7 Å². The van der Waals surface area contributed by atoms with Crippen LogP contribution < -0.4 is 4.74 Å². The van der Waals surface area contributed by atoms with E-state index in [4.69, 9.17) is 10.00 Å². The van der Waals surface area contributed by atoms with Crippen LogP contribution in [0, 0.1) is 11.3 Å². The fourth-order valence-electron chi connectivity index (χ4n) is 2.81. The zero-order valence-corrected chi connectivity index (χ0v) is 16.0. The summed E-state index contributed by atoms with van der Waals surface area (Å²) < 4.78 is 7.41.